The van der Waals surface area contributed by atoms with Gasteiger partial charge in [-0.05, 0) is 37.3 Å². The second-order valence-corrected chi connectivity index (χ2v) is 8.40. The van der Waals surface area contributed by atoms with Crippen molar-refractivity contribution in [3.8, 4) is 0 Å². The molecule has 0 saturated carbocycles. The lowest BCUT2D eigenvalue weighted by Crippen LogP contribution is -2.34. The van der Waals surface area contributed by atoms with E-state index in [4.69, 9.17) is 0 Å². The first-order valence-corrected chi connectivity index (χ1v) is 9.81. The van der Waals surface area contributed by atoms with Crippen molar-refractivity contribution in [2.45, 2.75) is 19.3 Å². The fraction of sp³-hybridized carbons (Fsp3) is 0.600. The number of pyridine rings is 1. The summed E-state index contributed by atoms with van der Waals surface area (Å²) < 4.78 is 22.9. The molecule has 0 unspecified atom stereocenters. The van der Waals surface area contributed by atoms with Gasteiger partial charge >= 0.3 is 6.03 Å². The number of hydrogen-bond acceptors (Lipinski definition) is 5. The van der Waals surface area contributed by atoms with Gasteiger partial charge in [-0.15, -0.1) is 0 Å². The van der Waals surface area contributed by atoms with E-state index >= 15 is 0 Å². The summed E-state index contributed by atoms with van der Waals surface area (Å²) in [6, 6.07) is 3.31. The maximum absolute atomic E-state index is 12.1. The number of carbonyl (C=O) groups excluding carboxylic acids is 1. The van der Waals surface area contributed by atoms with E-state index in [1.807, 2.05) is 6.07 Å². The van der Waals surface area contributed by atoms with E-state index in [9.17, 15) is 13.2 Å². The third-order valence-corrected chi connectivity index (χ3v) is 6.16. The summed E-state index contributed by atoms with van der Waals surface area (Å²) in [7, 11) is -2.91. The number of anilines is 2. The van der Waals surface area contributed by atoms with Gasteiger partial charge in [0, 0.05) is 25.8 Å². The van der Waals surface area contributed by atoms with E-state index in [2.05, 4.69) is 20.5 Å². The SMILES string of the molecule is O=C(NC[C@@H]1CCS(=O)(=O)C1)Nc1cccnc1N1CCCC1. The van der Waals surface area contributed by atoms with Gasteiger partial charge in [-0.25, -0.2) is 18.2 Å². The van der Waals surface area contributed by atoms with Gasteiger partial charge < -0.3 is 15.5 Å². The smallest absolute Gasteiger partial charge is 0.319 e. The Kier molecular flexibility index (Phi) is 4.70. The fourth-order valence-corrected chi connectivity index (χ4v) is 4.97. The molecule has 8 heteroatoms. The predicted octanol–water partition coefficient (Wildman–Crippen LogP) is 1.24. The highest BCUT2D eigenvalue weighted by Gasteiger charge is 2.28. The van der Waals surface area contributed by atoms with Crippen molar-refractivity contribution in [3.05, 3.63) is 18.3 Å². The van der Waals surface area contributed by atoms with Gasteiger partial charge in [0.1, 0.15) is 0 Å². The first-order valence-electron chi connectivity index (χ1n) is 7.99. The largest absolute Gasteiger partial charge is 0.355 e. The zero-order valence-electron chi connectivity index (χ0n) is 13.0. The van der Waals surface area contributed by atoms with Gasteiger partial charge in [-0.3, -0.25) is 0 Å². The monoisotopic (exact) mass is 338 g/mol. The summed E-state index contributed by atoms with van der Waals surface area (Å²) in [5.41, 5.74) is 0.686. The molecule has 1 aromatic rings. The minimum absolute atomic E-state index is 0.0118. The first-order chi connectivity index (χ1) is 11.0. The third-order valence-electron chi connectivity index (χ3n) is 4.32. The molecule has 2 amide bonds. The van der Waals surface area contributed by atoms with Crippen molar-refractivity contribution < 1.29 is 13.2 Å². The molecule has 0 aromatic carbocycles. The van der Waals surface area contributed by atoms with Crippen molar-refractivity contribution in [2.24, 2.45) is 5.92 Å². The topological polar surface area (TPSA) is 91.4 Å². The molecule has 2 fully saturated rings. The van der Waals surface area contributed by atoms with E-state index in [1.165, 1.54) is 0 Å². The Morgan fingerprint density at radius 2 is 2.13 bits per heavy atom. The van der Waals surface area contributed by atoms with Crippen LogP contribution in [-0.2, 0) is 9.84 Å². The predicted molar refractivity (Wildman–Crippen MR) is 89.5 cm³/mol. The van der Waals surface area contributed by atoms with E-state index in [-0.39, 0.29) is 23.5 Å². The molecule has 2 N–H and O–H groups in total. The molecule has 1 atom stereocenters. The van der Waals surface area contributed by atoms with Crippen molar-refractivity contribution in [2.75, 3.05) is 41.4 Å². The van der Waals surface area contributed by atoms with Crippen LogP contribution in [0.25, 0.3) is 0 Å². The maximum Gasteiger partial charge on any atom is 0.319 e. The summed E-state index contributed by atoms with van der Waals surface area (Å²) in [4.78, 5) is 18.6. The number of nitrogens with zero attached hydrogens (tertiary/aromatic N) is 2. The Bertz CT molecular complexity index is 671. The van der Waals surface area contributed by atoms with Gasteiger partial charge in [0.2, 0.25) is 0 Å². The van der Waals surface area contributed by atoms with Gasteiger partial charge in [-0.2, -0.15) is 0 Å². The zero-order valence-corrected chi connectivity index (χ0v) is 13.8. The number of aromatic nitrogens is 1. The average molecular weight is 338 g/mol. The Hall–Kier alpha value is -1.83. The van der Waals surface area contributed by atoms with E-state index < -0.39 is 9.84 Å². The van der Waals surface area contributed by atoms with E-state index in [0.717, 1.165) is 31.7 Å². The molecule has 0 bridgehead atoms. The number of amides is 2. The van der Waals surface area contributed by atoms with Crippen LogP contribution in [0.1, 0.15) is 19.3 Å². The van der Waals surface area contributed by atoms with Gasteiger partial charge in [0.15, 0.2) is 15.7 Å². The number of sulfone groups is 1. The summed E-state index contributed by atoms with van der Waals surface area (Å²) in [5, 5.41) is 5.60. The van der Waals surface area contributed by atoms with Crippen molar-refractivity contribution >= 4 is 27.4 Å². The zero-order chi connectivity index (χ0) is 16.3. The average Bonchev–Trinajstić information content (AvgIpc) is 3.15. The molecule has 0 radical (unpaired) electrons. The van der Waals surface area contributed by atoms with Gasteiger partial charge in [-0.1, -0.05) is 0 Å². The molecular formula is C15H22N4O3S. The van der Waals surface area contributed by atoms with Gasteiger partial charge in [0.05, 0.1) is 17.2 Å². The molecule has 23 heavy (non-hydrogen) atoms. The Labute approximate surface area is 136 Å². The van der Waals surface area contributed by atoms with Crippen molar-refractivity contribution in [1.82, 2.24) is 10.3 Å². The highest BCUT2D eigenvalue weighted by atomic mass is 32.2. The standard InChI is InChI=1S/C15H22N4O3S/c20-15(17-10-12-5-9-23(21,22)11-12)18-13-4-3-6-16-14(13)19-7-1-2-8-19/h3-4,6,12H,1-2,5,7-11H2,(H2,17,18,20)/t12-/m0/s1. The van der Waals surface area contributed by atoms with Crippen LogP contribution in [0.15, 0.2) is 18.3 Å². The van der Waals surface area contributed by atoms with Crippen LogP contribution in [0, 0.1) is 5.92 Å². The van der Waals surface area contributed by atoms with Crippen LogP contribution in [0.5, 0.6) is 0 Å². The molecule has 7 nitrogen and oxygen atoms in total. The third kappa shape index (κ3) is 4.13. The lowest BCUT2D eigenvalue weighted by Gasteiger charge is -2.20. The number of urea groups is 1. The lowest BCUT2D eigenvalue weighted by atomic mass is 10.1. The molecule has 0 spiro atoms. The number of hydrogen-bond donors (Lipinski definition) is 2. The Morgan fingerprint density at radius 3 is 2.83 bits per heavy atom. The number of carbonyl (C=O) groups is 1. The normalized spacial score (nSPS) is 23.0. The number of nitrogens with one attached hydrogen (secondary N) is 2. The van der Waals surface area contributed by atoms with Crippen LogP contribution in [-0.4, -0.2) is 50.6 Å². The van der Waals surface area contributed by atoms with Crippen LogP contribution in [0.2, 0.25) is 0 Å². The summed E-state index contributed by atoms with van der Waals surface area (Å²) in [6.45, 7) is 2.28. The van der Waals surface area contributed by atoms with E-state index in [1.54, 1.807) is 12.3 Å². The Balaban J connectivity index is 1.56. The summed E-state index contributed by atoms with van der Waals surface area (Å²) in [5.74, 6) is 1.20. The Morgan fingerprint density at radius 1 is 1.35 bits per heavy atom. The summed E-state index contributed by atoms with van der Waals surface area (Å²) in [6.07, 6.45) is 4.62. The molecule has 2 aliphatic heterocycles. The maximum atomic E-state index is 12.1. The van der Waals surface area contributed by atoms with Crippen LogP contribution in [0.4, 0.5) is 16.3 Å². The highest BCUT2D eigenvalue weighted by Crippen LogP contribution is 2.26. The highest BCUT2D eigenvalue weighted by molar-refractivity contribution is 7.91. The molecule has 126 valence electrons. The lowest BCUT2D eigenvalue weighted by molar-refractivity contribution is 0.250. The quantitative estimate of drug-likeness (QED) is 0.862. The molecule has 1 aromatic heterocycles. The second-order valence-electron chi connectivity index (χ2n) is 6.17. The van der Waals surface area contributed by atoms with Crippen LogP contribution >= 0.6 is 0 Å². The molecule has 0 aliphatic carbocycles. The second kappa shape index (κ2) is 6.74. The minimum atomic E-state index is -2.91. The van der Waals surface area contributed by atoms with Crippen LogP contribution < -0.4 is 15.5 Å². The number of rotatable bonds is 4. The van der Waals surface area contributed by atoms with Crippen LogP contribution in [0.3, 0.4) is 0 Å². The molecule has 3 heterocycles. The molecule has 3 rings (SSSR count). The molecular weight excluding hydrogens is 316 g/mol. The van der Waals surface area contributed by atoms with Gasteiger partial charge in [0.25, 0.3) is 0 Å². The minimum Gasteiger partial charge on any atom is -0.355 e. The van der Waals surface area contributed by atoms with Crippen molar-refractivity contribution in [1.29, 1.82) is 0 Å². The molecule has 2 saturated heterocycles. The summed E-state index contributed by atoms with van der Waals surface area (Å²) >= 11 is 0. The fourth-order valence-electron chi connectivity index (χ4n) is 3.11. The molecule has 2 aliphatic rings. The first kappa shape index (κ1) is 16.0. The van der Waals surface area contributed by atoms with E-state index in [0.29, 0.717) is 18.7 Å². The van der Waals surface area contributed by atoms with Crippen molar-refractivity contribution in [3.63, 3.8) is 0 Å².